The maximum Gasteiger partial charge on any atom is 0.126 e. The minimum atomic E-state index is 0.888. The number of nitrogens with zero attached hydrogens (tertiary/aromatic N) is 2. The van der Waals surface area contributed by atoms with Crippen LogP contribution in [0.15, 0.2) is 24.4 Å². The molecule has 1 aliphatic rings. The number of pyridine rings is 1. The molecule has 0 atom stereocenters. The third-order valence-corrected chi connectivity index (χ3v) is 2.36. The summed E-state index contributed by atoms with van der Waals surface area (Å²) in [4.78, 5) is 6.59. The highest BCUT2D eigenvalue weighted by molar-refractivity contribution is 5.32. The zero-order valence-electron chi connectivity index (χ0n) is 8.24. The highest BCUT2D eigenvalue weighted by Crippen LogP contribution is 2.00. The average molecular weight is 192 g/mol. The predicted octanol–water partition coefficient (Wildman–Crippen LogP) is 0.356. The number of hydrogen-bond donors (Lipinski definition) is 2. The molecule has 0 unspecified atom stereocenters. The van der Waals surface area contributed by atoms with E-state index in [1.54, 1.807) is 6.20 Å². The number of hydrogen-bond acceptors (Lipinski definition) is 4. The Morgan fingerprint density at radius 1 is 1.36 bits per heavy atom. The number of nitrogens with one attached hydrogen (secondary N) is 2. The normalized spacial score (nSPS) is 18.0. The van der Waals surface area contributed by atoms with Crippen LogP contribution in [-0.4, -0.2) is 42.7 Å². The van der Waals surface area contributed by atoms with E-state index in [4.69, 9.17) is 0 Å². The van der Waals surface area contributed by atoms with Crippen LogP contribution in [0.2, 0.25) is 0 Å². The molecule has 4 nitrogen and oxygen atoms in total. The highest BCUT2D eigenvalue weighted by Gasteiger charge is 2.08. The Hall–Kier alpha value is -1.13. The van der Waals surface area contributed by atoms with Crippen molar-refractivity contribution in [2.24, 2.45) is 0 Å². The molecule has 0 saturated carbocycles. The van der Waals surface area contributed by atoms with Crippen molar-refractivity contribution in [1.29, 1.82) is 0 Å². The van der Waals surface area contributed by atoms with E-state index in [9.17, 15) is 0 Å². The lowest BCUT2D eigenvalue weighted by Gasteiger charge is -2.27. The first kappa shape index (κ1) is 9.43. The van der Waals surface area contributed by atoms with Gasteiger partial charge in [0.2, 0.25) is 0 Å². The molecule has 2 rings (SSSR count). The van der Waals surface area contributed by atoms with Gasteiger partial charge in [-0.15, -0.1) is 0 Å². The van der Waals surface area contributed by atoms with E-state index < -0.39 is 0 Å². The van der Waals surface area contributed by atoms with E-state index in [0.717, 1.165) is 38.7 Å². The molecule has 1 aromatic heterocycles. The molecule has 0 bridgehead atoms. The van der Waals surface area contributed by atoms with Gasteiger partial charge in [0.1, 0.15) is 5.82 Å². The first-order chi connectivity index (χ1) is 6.95. The summed E-state index contributed by atoms with van der Waals surface area (Å²) in [5.74, 6) is 0.950. The van der Waals surface area contributed by atoms with Gasteiger partial charge in [0.05, 0.1) is 6.67 Å². The molecule has 1 aliphatic heterocycles. The SMILES string of the molecule is c1ccc(NCN2CCNCC2)nc1. The molecule has 0 aromatic carbocycles. The van der Waals surface area contributed by atoms with Gasteiger partial charge < -0.3 is 10.6 Å². The fourth-order valence-electron chi connectivity index (χ4n) is 1.53. The summed E-state index contributed by atoms with van der Waals surface area (Å²) in [6, 6.07) is 5.91. The molecule has 0 radical (unpaired) electrons. The van der Waals surface area contributed by atoms with Crippen molar-refractivity contribution in [2.45, 2.75) is 0 Å². The third kappa shape index (κ3) is 2.68. The van der Waals surface area contributed by atoms with Crippen LogP contribution in [0, 0.1) is 0 Å². The van der Waals surface area contributed by atoms with Gasteiger partial charge in [-0.25, -0.2) is 4.98 Å². The highest BCUT2D eigenvalue weighted by atomic mass is 15.3. The second-order valence-electron chi connectivity index (χ2n) is 3.42. The predicted molar refractivity (Wildman–Crippen MR) is 57.2 cm³/mol. The maximum atomic E-state index is 4.21. The molecule has 0 spiro atoms. The summed E-state index contributed by atoms with van der Waals surface area (Å²) in [5.41, 5.74) is 0. The lowest BCUT2D eigenvalue weighted by atomic mass is 10.4. The van der Waals surface area contributed by atoms with Gasteiger partial charge in [0.25, 0.3) is 0 Å². The van der Waals surface area contributed by atoms with Crippen molar-refractivity contribution in [3.05, 3.63) is 24.4 Å². The summed E-state index contributed by atoms with van der Waals surface area (Å²) in [6.45, 7) is 5.28. The minimum absolute atomic E-state index is 0.888. The van der Waals surface area contributed by atoms with E-state index >= 15 is 0 Å². The van der Waals surface area contributed by atoms with Gasteiger partial charge in [0, 0.05) is 32.4 Å². The van der Waals surface area contributed by atoms with Crippen molar-refractivity contribution < 1.29 is 0 Å². The van der Waals surface area contributed by atoms with Crippen molar-refractivity contribution >= 4 is 5.82 Å². The second-order valence-corrected chi connectivity index (χ2v) is 3.42. The quantitative estimate of drug-likeness (QED) is 0.725. The van der Waals surface area contributed by atoms with Crippen LogP contribution in [0.25, 0.3) is 0 Å². The monoisotopic (exact) mass is 192 g/mol. The first-order valence-electron chi connectivity index (χ1n) is 5.03. The summed E-state index contributed by atoms with van der Waals surface area (Å²) in [7, 11) is 0. The standard InChI is InChI=1S/C10H16N4/c1-2-4-12-10(3-1)13-9-14-7-5-11-6-8-14/h1-4,11H,5-9H2,(H,12,13). The second kappa shape index (κ2) is 4.93. The van der Waals surface area contributed by atoms with E-state index in [1.807, 2.05) is 18.2 Å². The maximum absolute atomic E-state index is 4.21. The van der Waals surface area contributed by atoms with Crippen molar-refractivity contribution in [3.63, 3.8) is 0 Å². The van der Waals surface area contributed by atoms with Gasteiger partial charge >= 0.3 is 0 Å². The van der Waals surface area contributed by atoms with Gasteiger partial charge in [-0.3, -0.25) is 4.90 Å². The van der Waals surface area contributed by atoms with Gasteiger partial charge in [-0.2, -0.15) is 0 Å². The van der Waals surface area contributed by atoms with Gasteiger partial charge in [-0.1, -0.05) is 6.07 Å². The van der Waals surface area contributed by atoms with Crippen LogP contribution in [-0.2, 0) is 0 Å². The van der Waals surface area contributed by atoms with Gasteiger partial charge in [0.15, 0.2) is 0 Å². The van der Waals surface area contributed by atoms with Crippen molar-refractivity contribution in [3.8, 4) is 0 Å². The molecule has 0 amide bonds. The van der Waals surface area contributed by atoms with E-state index in [2.05, 4.69) is 20.5 Å². The lowest BCUT2D eigenvalue weighted by molar-refractivity contribution is 0.256. The Balaban J connectivity index is 1.76. The van der Waals surface area contributed by atoms with Crippen LogP contribution in [0.1, 0.15) is 0 Å². The Labute approximate surface area is 84.3 Å². The van der Waals surface area contributed by atoms with Crippen LogP contribution in [0.4, 0.5) is 5.82 Å². The van der Waals surface area contributed by atoms with Crippen molar-refractivity contribution in [2.75, 3.05) is 38.2 Å². The molecule has 14 heavy (non-hydrogen) atoms. The fraction of sp³-hybridized carbons (Fsp3) is 0.500. The molecule has 4 heteroatoms. The Kier molecular flexibility index (Phi) is 3.32. The average Bonchev–Trinajstić information content (AvgIpc) is 2.29. The molecule has 2 N–H and O–H groups in total. The Morgan fingerprint density at radius 2 is 2.21 bits per heavy atom. The lowest BCUT2D eigenvalue weighted by Crippen LogP contribution is -2.45. The summed E-state index contributed by atoms with van der Waals surface area (Å²) < 4.78 is 0. The van der Waals surface area contributed by atoms with E-state index in [-0.39, 0.29) is 0 Å². The molecular weight excluding hydrogens is 176 g/mol. The summed E-state index contributed by atoms with van der Waals surface area (Å²) in [5, 5.41) is 6.63. The van der Waals surface area contributed by atoms with Crippen LogP contribution in [0.3, 0.4) is 0 Å². The number of anilines is 1. The largest absolute Gasteiger partial charge is 0.357 e. The zero-order chi connectivity index (χ0) is 9.64. The Morgan fingerprint density at radius 3 is 2.93 bits per heavy atom. The Bertz CT molecular complexity index is 256. The van der Waals surface area contributed by atoms with Crippen LogP contribution < -0.4 is 10.6 Å². The number of rotatable bonds is 3. The smallest absolute Gasteiger partial charge is 0.126 e. The topological polar surface area (TPSA) is 40.2 Å². The van der Waals surface area contributed by atoms with Crippen LogP contribution >= 0.6 is 0 Å². The van der Waals surface area contributed by atoms with Gasteiger partial charge in [-0.05, 0) is 12.1 Å². The number of piperazine rings is 1. The number of aromatic nitrogens is 1. The van der Waals surface area contributed by atoms with Crippen molar-refractivity contribution in [1.82, 2.24) is 15.2 Å². The fourth-order valence-corrected chi connectivity index (χ4v) is 1.53. The molecule has 0 aliphatic carbocycles. The van der Waals surface area contributed by atoms with Crippen LogP contribution in [0.5, 0.6) is 0 Å². The molecule has 1 saturated heterocycles. The molecule has 76 valence electrons. The first-order valence-corrected chi connectivity index (χ1v) is 5.03. The molecule has 1 aromatic rings. The van der Waals surface area contributed by atoms with E-state index in [0.29, 0.717) is 0 Å². The molecule has 2 heterocycles. The third-order valence-electron chi connectivity index (χ3n) is 2.36. The molecular formula is C10H16N4. The zero-order valence-corrected chi connectivity index (χ0v) is 8.24. The molecule has 1 fully saturated rings. The summed E-state index contributed by atoms with van der Waals surface area (Å²) >= 11 is 0. The summed E-state index contributed by atoms with van der Waals surface area (Å²) in [6.07, 6.45) is 1.81. The van der Waals surface area contributed by atoms with E-state index in [1.165, 1.54) is 0 Å². The minimum Gasteiger partial charge on any atom is -0.357 e.